The predicted octanol–water partition coefficient (Wildman–Crippen LogP) is 15.8. The monoisotopic (exact) mass is 914 g/mol. The third-order valence-electron chi connectivity index (χ3n) is 14.9. The molecule has 4 aliphatic carbocycles. The number of allylic oxidation sites excluding steroid dienone is 4. The fourth-order valence-corrected chi connectivity index (χ4v) is 11.5. The summed E-state index contributed by atoms with van der Waals surface area (Å²) in [6, 6.07) is 0. The van der Waals surface area contributed by atoms with E-state index in [1.807, 2.05) is 0 Å². The molecule has 9 heteroatoms. The molecule has 0 aliphatic heterocycles. The third-order valence-corrected chi connectivity index (χ3v) is 14.9. The molecule has 0 aromatic rings. The summed E-state index contributed by atoms with van der Waals surface area (Å²) in [5, 5.41) is 0. The van der Waals surface area contributed by atoms with Crippen molar-refractivity contribution in [1.29, 1.82) is 0 Å². The summed E-state index contributed by atoms with van der Waals surface area (Å²) in [6.07, 6.45) is 44.7. The predicted molar refractivity (Wildman–Crippen MR) is 266 cm³/mol. The Hall–Kier alpha value is -2.55. The molecule has 0 aromatic carbocycles. The highest BCUT2D eigenvalue weighted by Crippen LogP contribution is 2.66. The minimum Gasteiger partial charge on any atom is -0.465 e. The highest BCUT2D eigenvalue weighted by atomic mass is 16.7. The minimum atomic E-state index is -0.593. The van der Waals surface area contributed by atoms with Crippen molar-refractivity contribution in [3.05, 3.63) is 24.3 Å². The molecule has 4 unspecified atom stereocenters. The van der Waals surface area contributed by atoms with Crippen molar-refractivity contribution in [2.45, 2.75) is 240 Å². The van der Waals surface area contributed by atoms with Gasteiger partial charge >= 0.3 is 18.3 Å². The number of hydrogen-bond acceptors (Lipinski definition) is 9. The van der Waals surface area contributed by atoms with Gasteiger partial charge in [-0.05, 0) is 141 Å². The second-order valence-corrected chi connectivity index (χ2v) is 20.9. The van der Waals surface area contributed by atoms with Gasteiger partial charge in [0.25, 0.3) is 0 Å². The number of esters is 1. The Kier molecular flexibility index (Phi) is 30.3. The van der Waals surface area contributed by atoms with Crippen molar-refractivity contribution in [3.8, 4) is 0 Å². The van der Waals surface area contributed by atoms with Crippen LogP contribution in [0.3, 0.4) is 0 Å². The van der Waals surface area contributed by atoms with Crippen LogP contribution >= 0.6 is 0 Å². The number of fused-ring (bicyclic) bond motifs is 1. The molecular weight excluding hydrogens is 815 g/mol. The Labute approximate surface area is 398 Å². The third kappa shape index (κ3) is 24.9. The zero-order valence-corrected chi connectivity index (χ0v) is 42.6. The van der Waals surface area contributed by atoms with E-state index in [0.717, 1.165) is 110 Å². The second-order valence-electron chi connectivity index (χ2n) is 20.9. The standard InChI is InChI=1S/C56H99NO8/c1-5-9-11-13-15-17-19-21-23-25-27-29-31-33-40-61-52(59)64-48-55-38-37-54(47-63-51(58)36-35-39-57(7-3)8-4)42-50(43-55)44-56(45-54,46-55)49-65-53(60)62-41-34-32-30-28-26-24-22-20-18-16-14-12-10-6-2/h17-20,50H,5-16,21-49H2,1-4H3/b19-17-,20-18-. The van der Waals surface area contributed by atoms with Crippen molar-refractivity contribution in [3.63, 3.8) is 0 Å². The van der Waals surface area contributed by atoms with Crippen LogP contribution in [0.4, 0.5) is 9.59 Å². The average molecular weight is 914 g/mol. The molecule has 4 aliphatic rings. The fraction of sp³-hybridized carbons (Fsp3) is 0.875. The summed E-state index contributed by atoms with van der Waals surface area (Å²) in [5.41, 5.74) is -0.692. The van der Waals surface area contributed by atoms with Crippen LogP contribution in [-0.4, -0.2) is 75.8 Å². The van der Waals surface area contributed by atoms with Crippen LogP contribution in [0.1, 0.15) is 240 Å². The summed E-state index contributed by atoms with van der Waals surface area (Å²) >= 11 is 0. The van der Waals surface area contributed by atoms with Crippen LogP contribution in [0.15, 0.2) is 24.3 Å². The quantitative estimate of drug-likeness (QED) is 0.0257. The molecule has 65 heavy (non-hydrogen) atoms. The maximum atomic E-state index is 13.0. The van der Waals surface area contributed by atoms with Crippen LogP contribution in [0.2, 0.25) is 0 Å². The molecular formula is C56H99NO8. The zero-order valence-electron chi connectivity index (χ0n) is 42.6. The van der Waals surface area contributed by atoms with E-state index in [2.05, 4.69) is 56.9 Å². The van der Waals surface area contributed by atoms with Gasteiger partial charge < -0.3 is 28.6 Å². The summed E-state index contributed by atoms with van der Waals surface area (Å²) < 4.78 is 29.2. The molecule has 4 bridgehead atoms. The van der Waals surface area contributed by atoms with Crippen molar-refractivity contribution >= 4 is 18.3 Å². The van der Waals surface area contributed by atoms with Crippen molar-refractivity contribution in [2.75, 3.05) is 52.7 Å². The topological polar surface area (TPSA) is 101 Å². The zero-order chi connectivity index (χ0) is 46.7. The second kappa shape index (κ2) is 34.7. The number of carbonyl (C=O) groups excluding carboxylic acids is 3. The molecule has 0 N–H and O–H groups in total. The van der Waals surface area contributed by atoms with E-state index >= 15 is 0 Å². The van der Waals surface area contributed by atoms with Crippen LogP contribution in [-0.2, 0) is 28.5 Å². The number of nitrogens with zero attached hydrogens (tertiary/aromatic N) is 1. The molecule has 4 fully saturated rings. The van der Waals surface area contributed by atoms with Crippen molar-refractivity contribution in [2.24, 2.45) is 22.2 Å². The van der Waals surface area contributed by atoms with Gasteiger partial charge in [-0.3, -0.25) is 4.79 Å². The summed E-state index contributed by atoms with van der Waals surface area (Å²) in [7, 11) is 0. The van der Waals surface area contributed by atoms with Crippen LogP contribution < -0.4 is 0 Å². The maximum absolute atomic E-state index is 13.0. The molecule has 4 saturated carbocycles. The van der Waals surface area contributed by atoms with Crippen LogP contribution in [0.25, 0.3) is 0 Å². The average Bonchev–Trinajstić information content (AvgIpc) is 3.47. The van der Waals surface area contributed by atoms with Crippen LogP contribution in [0.5, 0.6) is 0 Å². The van der Waals surface area contributed by atoms with E-state index in [0.29, 0.717) is 38.8 Å². The van der Waals surface area contributed by atoms with Gasteiger partial charge in [0.1, 0.15) is 13.2 Å². The van der Waals surface area contributed by atoms with Gasteiger partial charge in [-0.2, -0.15) is 0 Å². The molecule has 4 rings (SSSR count). The first-order valence-electron chi connectivity index (χ1n) is 27.5. The number of rotatable bonds is 40. The van der Waals surface area contributed by atoms with E-state index in [9.17, 15) is 14.4 Å². The number of ether oxygens (including phenoxy) is 5. The lowest BCUT2D eigenvalue weighted by atomic mass is 9.51. The van der Waals surface area contributed by atoms with Gasteiger partial charge in [-0.1, -0.05) is 142 Å². The van der Waals surface area contributed by atoms with Gasteiger partial charge in [0.05, 0.1) is 19.8 Å². The first-order valence-corrected chi connectivity index (χ1v) is 27.5. The van der Waals surface area contributed by atoms with E-state index in [4.69, 9.17) is 23.7 Å². The summed E-state index contributed by atoms with van der Waals surface area (Å²) in [6.45, 7) is 13.4. The SMILES string of the molecule is CCCCCC/C=C\CCCCCCCCOC(=O)OCC12CCC3(COC(=O)CCCN(CC)CC)CC(C1)CC(COC(=O)OCCCCCCCC/C=C\CCCCCC)(C3)C2. The normalized spacial score (nSPS) is 22.5. The lowest BCUT2D eigenvalue weighted by Crippen LogP contribution is -2.50. The van der Waals surface area contributed by atoms with Crippen molar-refractivity contribution < 1.29 is 38.1 Å². The van der Waals surface area contributed by atoms with E-state index in [1.54, 1.807) is 0 Å². The number of carbonyl (C=O) groups is 3. The maximum Gasteiger partial charge on any atom is 0.508 e. The first kappa shape index (κ1) is 56.8. The molecule has 0 spiro atoms. The summed E-state index contributed by atoms with van der Waals surface area (Å²) in [5.74, 6) is 0.246. The molecule has 0 aromatic heterocycles. The Morgan fingerprint density at radius 2 is 0.846 bits per heavy atom. The first-order chi connectivity index (χ1) is 31.7. The molecule has 9 nitrogen and oxygen atoms in total. The Morgan fingerprint density at radius 1 is 0.462 bits per heavy atom. The van der Waals surface area contributed by atoms with E-state index in [-0.39, 0.29) is 28.8 Å². The van der Waals surface area contributed by atoms with Crippen LogP contribution in [0, 0.1) is 22.2 Å². The molecule has 0 radical (unpaired) electrons. The largest absolute Gasteiger partial charge is 0.508 e. The molecule has 0 saturated heterocycles. The van der Waals surface area contributed by atoms with E-state index < -0.39 is 12.3 Å². The summed E-state index contributed by atoms with van der Waals surface area (Å²) in [4.78, 5) is 41.3. The number of hydrogen-bond donors (Lipinski definition) is 0. The van der Waals surface area contributed by atoms with Gasteiger partial charge in [-0.25, -0.2) is 9.59 Å². The minimum absolute atomic E-state index is 0.128. The lowest BCUT2D eigenvalue weighted by Gasteiger charge is -2.54. The number of unbranched alkanes of at least 4 members (excludes halogenated alkanes) is 20. The van der Waals surface area contributed by atoms with Gasteiger partial charge in [-0.15, -0.1) is 0 Å². The lowest BCUT2D eigenvalue weighted by molar-refractivity contribution is -0.153. The van der Waals surface area contributed by atoms with Gasteiger partial charge in [0.15, 0.2) is 0 Å². The van der Waals surface area contributed by atoms with Crippen molar-refractivity contribution in [1.82, 2.24) is 4.90 Å². The molecule has 376 valence electrons. The Bertz CT molecular complexity index is 1310. The van der Waals surface area contributed by atoms with Gasteiger partial charge in [0, 0.05) is 22.7 Å². The smallest absolute Gasteiger partial charge is 0.465 e. The highest BCUT2D eigenvalue weighted by molar-refractivity contribution is 5.69. The Balaban J connectivity index is 1.42. The fourth-order valence-electron chi connectivity index (χ4n) is 11.5. The molecule has 0 heterocycles. The highest BCUT2D eigenvalue weighted by Gasteiger charge is 2.60. The Morgan fingerprint density at radius 3 is 1.29 bits per heavy atom. The molecule has 4 atom stereocenters. The van der Waals surface area contributed by atoms with E-state index in [1.165, 1.54) is 116 Å². The van der Waals surface area contributed by atoms with Gasteiger partial charge in [0.2, 0.25) is 0 Å². The molecule has 0 amide bonds.